The molecule has 0 atom stereocenters. The van der Waals surface area contributed by atoms with Crippen molar-refractivity contribution < 1.29 is 9.53 Å². The zero-order chi connectivity index (χ0) is 13.1. The van der Waals surface area contributed by atoms with Crippen LogP contribution in [0.3, 0.4) is 0 Å². The third-order valence-corrected chi connectivity index (χ3v) is 2.97. The Kier molecular flexibility index (Phi) is 3.84. The number of rotatable bonds is 3. The maximum atomic E-state index is 11.4. The standard InChI is InChI=1S/C11H9Cl2N3O2/c1-2-18-11(17)10-14-9(15-16-10)6-4-3-5-7(12)8(6)13/h3-5H,2H2,1H3,(H,14,15,16). The first-order valence-corrected chi connectivity index (χ1v) is 5.93. The van der Waals surface area contributed by atoms with E-state index in [1.807, 2.05) is 0 Å². The molecule has 0 saturated carbocycles. The highest BCUT2D eigenvalue weighted by Crippen LogP contribution is 2.31. The van der Waals surface area contributed by atoms with Crippen LogP contribution in [0.4, 0.5) is 0 Å². The second kappa shape index (κ2) is 5.37. The third kappa shape index (κ3) is 2.47. The number of aromatic amines is 1. The smallest absolute Gasteiger partial charge is 0.375 e. The molecule has 1 heterocycles. The van der Waals surface area contributed by atoms with Crippen molar-refractivity contribution in [2.45, 2.75) is 6.92 Å². The lowest BCUT2D eigenvalue weighted by Crippen LogP contribution is -2.06. The molecule has 0 radical (unpaired) electrons. The molecule has 1 aromatic carbocycles. The van der Waals surface area contributed by atoms with Crippen LogP contribution in [-0.2, 0) is 4.74 Å². The molecule has 0 aliphatic carbocycles. The van der Waals surface area contributed by atoms with E-state index in [4.69, 9.17) is 27.9 Å². The number of hydrogen-bond donors (Lipinski definition) is 1. The normalized spacial score (nSPS) is 10.4. The van der Waals surface area contributed by atoms with Crippen LogP contribution in [0, 0.1) is 0 Å². The van der Waals surface area contributed by atoms with E-state index in [1.54, 1.807) is 25.1 Å². The second-order valence-corrected chi connectivity index (χ2v) is 4.11. The summed E-state index contributed by atoms with van der Waals surface area (Å²) in [5.74, 6) is -0.233. The maximum absolute atomic E-state index is 11.4. The Morgan fingerprint density at radius 1 is 1.44 bits per heavy atom. The fourth-order valence-corrected chi connectivity index (χ4v) is 1.73. The zero-order valence-corrected chi connectivity index (χ0v) is 10.9. The number of carbonyl (C=O) groups is 1. The molecule has 0 spiro atoms. The summed E-state index contributed by atoms with van der Waals surface area (Å²) in [5, 5.41) is 7.15. The molecular weight excluding hydrogens is 277 g/mol. The van der Waals surface area contributed by atoms with E-state index in [2.05, 4.69) is 15.2 Å². The van der Waals surface area contributed by atoms with Crippen LogP contribution in [-0.4, -0.2) is 27.8 Å². The highest BCUT2D eigenvalue weighted by Gasteiger charge is 2.16. The van der Waals surface area contributed by atoms with Gasteiger partial charge in [0, 0.05) is 5.56 Å². The molecule has 7 heteroatoms. The summed E-state index contributed by atoms with van der Waals surface area (Å²) in [5.41, 5.74) is 0.552. The first kappa shape index (κ1) is 12.9. The van der Waals surface area contributed by atoms with Crippen molar-refractivity contribution in [3.8, 4) is 11.4 Å². The Bertz CT molecular complexity index is 583. The first-order chi connectivity index (χ1) is 8.63. The van der Waals surface area contributed by atoms with Gasteiger partial charge >= 0.3 is 5.97 Å². The number of halogens is 2. The summed E-state index contributed by atoms with van der Waals surface area (Å²) in [7, 11) is 0. The van der Waals surface area contributed by atoms with Crippen LogP contribution in [0.5, 0.6) is 0 Å². The summed E-state index contributed by atoms with van der Waals surface area (Å²) in [6.45, 7) is 1.98. The van der Waals surface area contributed by atoms with E-state index in [0.717, 1.165) is 0 Å². The van der Waals surface area contributed by atoms with Crippen molar-refractivity contribution in [3.63, 3.8) is 0 Å². The van der Waals surface area contributed by atoms with Gasteiger partial charge in [0.2, 0.25) is 5.82 Å². The van der Waals surface area contributed by atoms with Gasteiger partial charge < -0.3 is 4.74 Å². The summed E-state index contributed by atoms with van der Waals surface area (Å²) >= 11 is 11.9. The zero-order valence-electron chi connectivity index (χ0n) is 9.41. The molecule has 0 saturated heterocycles. The van der Waals surface area contributed by atoms with Gasteiger partial charge in [-0.1, -0.05) is 29.3 Å². The van der Waals surface area contributed by atoms with Gasteiger partial charge in [-0.3, -0.25) is 5.10 Å². The number of ether oxygens (including phenoxy) is 1. The lowest BCUT2D eigenvalue weighted by Gasteiger charge is -2.00. The summed E-state index contributed by atoms with van der Waals surface area (Å²) < 4.78 is 4.80. The molecule has 0 aliphatic heterocycles. The van der Waals surface area contributed by atoms with Gasteiger partial charge in [-0.2, -0.15) is 5.10 Å². The van der Waals surface area contributed by atoms with Crippen molar-refractivity contribution in [3.05, 3.63) is 34.1 Å². The van der Waals surface area contributed by atoms with Crippen molar-refractivity contribution in [1.82, 2.24) is 15.2 Å². The predicted octanol–water partition coefficient (Wildman–Crippen LogP) is 2.96. The van der Waals surface area contributed by atoms with E-state index in [9.17, 15) is 4.79 Å². The number of carbonyl (C=O) groups excluding carboxylic acids is 1. The number of H-pyrrole nitrogens is 1. The molecule has 0 amide bonds. The predicted molar refractivity (Wildman–Crippen MR) is 67.8 cm³/mol. The van der Waals surface area contributed by atoms with Crippen LogP contribution in [0.25, 0.3) is 11.4 Å². The molecule has 2 rings (SSSR count). The number of nitrogens with one attached hydrogen (secondary N) is 1. The van der Waals surface area contributed by atoms with Gasteiger partial charge in [0.1, 0.15) is 0 Å². The van der Waals surface area contributed by atoms with Gasteiger partial charge in [-0.05, 0) is 19.1 Å². The Balaban J connectivity index is 2.35. The summed E-state index contributed by atoms with van der Waals surface area (Å²) in [6, 6.07) is 5.10. The Hall–Kier alpha value is -1.59. The number of benzene rings is 1. The quantitative estimate of drug-likeness (QED) is 0.881. The van der Waals surface area contributed by atoms with Crippen molar-refractivity contribution >= 4 is 29.2 Å². The molecule has 1 aromatic heterocycles. The highest BCUT2D eigenvalue weighted by molar-refractivity contribution is 6.43. The number of hydrogen-bond acceptors (Lipinski definition) is 4. The maximum Gasteiger partial charge on any atom is 0.375 e. The average molecular weight is 286 g/mol. The Morgan fingerprint density at radius 3 is 2.94 bits per heavy atom. The molecule has 0 unspecified atom stereocenters. The fourth-order valence-electron chi connectivity index (χ4n) is 1.35. The van der Waals surface area contributed by atoms with E-state index >= 15 is 0 Å². The van der Waals surface area contributed by atoms with E-state index in [1.165, 1.54) is 0 Å². The lowest BCUT2D eigenvalue weighted by molar-refractivity contribution is 0.0512. The number of esters is 1. The van der Waals surface area contributed by atoms with E-state index in [0.29, 0.717) is 21.4 Å². The topological polar surface area (TPSA) is 67.9 Å². The van der Waals surface area contributed by atoms with Gasteiger partial charge in [0.05, 0.1) is 16.7 Å². The minimum Gasteiger partial charge on any atom is -0.460 e. The van der Waals surface area contributed by atoms with Crippen LogP contribution in [0.1, 0.15) is 17.5 Å². The van der Waals surface area contributed by atoms with Crippen molar-refractivity contribution in [2.24, 2.45) is 0 Å². The van der Waals surface area contributed by atoms with Crippen LogP contribution in [0.15, 0.2) is 18.2 Å². The Labute approximate surface area is 113 Å². The molecule has 2 aromatic rings. The fraction of sp³-hybridized carbons (Fsp3) is 0.182. The molecule has 0 aliphatic rings. The molecule has 0 fully saturated rings. The SMILES string of the molecule is CCOC(=O)c1nc(-c2cccc(Cl)c2Cl)n[nH]1. The number of aromatic nitrogens is 3. The molecule has 0 bridgehead atoms. The minimum atomic E-state index is -0.561. The lowest BCUT2D eigenvalue weighted by atomic mass is 10.2. The number of nitrogens with zero attached hydrogens (tertiary/aromatic N) is 2. The van der Waals surface area contributed by atoms with Gasteiger partial charge in [-0.15, -0.1) is 0 Å². The van der Waals surface area contributed by atoms with Gasteiger partial charge in [0.25, 0.3) is 0 Å². The first-order valence-electron chi connectivity index (χ1n) is 5.17. The van der Waals surface area contributed by atoms with Gasteiger partial charge in [-0.25, -0.2) is 9.78 Å². The summed E-state index contributed by atoms with van der Waals surface area (Å²) in [6.07, 6.45) is 0. The minimum absolute atomic E-state index is 0.0305. The molecule has 1 N–H and O–H groups in total. The molecular formula is C11H9Cl2N3O2. The largest absolute Gasteiger partial charge is 0.460 e. The van der Waals surface area contributed by atoms with Crippen LogP contribution < -0.4 is 0 Å². The third-order valence-electron chi connectivity index (χ3n) is 2.15. The van der Waals surface area contributed by atoms with E-state index in [-0.39, 0.29) is 12.4 Å². The van der Waals surface area contributed by atoms with E-state index < -0.39 is 5.97 Å². The average Bonchev–Trinajstić information content (AvgIpc) is 2.82. The second-order valence-electron chi connectivity index (χ2n) is 3.33. The summed E-state index contributed by atoms with van der Waals surface area (Å²) in [4.78, 5) is 15.4. The van der Waals surface area contributed by atoms with Crippen LogP contribution in [0.2, 0.25) is 10.0 Å². The molecule has 5 nitrogen and oxygen atoms in total. The monoisotopic (exact) mass is 285 g/mol. The van der Waals surface area contributed by atoms with Crippen LogP contribution >= 0.6 is 23.2 Å². The highest BCUT2D eigenvalue weighted by atomic mass is 35.5. The Morgan fingerprint density at radius 2 is 2.22 bits per heavy atom. The molecule has 18 heavy (non-hydrogen) atoms. The van der Waals surface area contributed by atoms with Crippen molar-refractivity contribution in [1.29, 1.82) is 0 Å². The van der Waals surface area contributed by atoms with Gasteiger partial charge in [0.15, 0.2) is 5.82 Å². The van der Waals surface area contributed by atoms with Crippen molar-refractivity contribution in [2.75, 3.05) is 6.61 Å². The molecule has 94 valence electrons.